The second kappa shape index (κ2) is 16.4. The quantitative estimate of drug-likeness (QED) is 0.139. The third-order valence-corrected chi connectivity index (χ3v) is 20.0. The van der Waals surface area contributed by atoms with E-state index in [9.17, 15) is 19.2 Å². The van der Waals surface area contributed by atoms with Crippen molar-refractivity contribution in [3.8, 4) is 44.5 Å². The minimum Gasteiger partial charge on any atom is -0.0826 e. The summed E-state index contributed by atoms with van der Waals surface area (Å²) < 4.78 is 316. The van der Waals surface area contributed by atoms with E-state index in [4.69, 9.17) is 51.0 Å². The summed E-state index contributed by atoms with van der Waals surface area (Å²) in [5, 5.41) is -5.58. The zero-order valence-corrected chi connectivity index (χ0v) is 38.1. The Bertz CT molecular complexity index is 5040. The SMILES string of the molecule is [2H]c1c([2H])c([2H])c(P(=S)(c2c([2H])c([2H])c([2H])c([2H])c2[2H])c2c([2H])c([2H])c(-c3c([2H])c([2H])c4c(c3[2H])C3(c5cc(C)ccc5-c5ccc(C)cc53)c3c([2H])c(-c5c([2H])c([2H])c(P(=S)(c6c([2H])c([2H])c([2H])c([2H])c6[2H])c6c([2H])c([2H])c([2H])c([2H])c6[2H])c([2H])c5[2H])c([2H])c([2H])c3-4)c([2H])c2[2H])c([2H])c1[2H]. The zero-order chi connectivity index (χ0) is 74.9. The highest BCUT2D eigenvalue weighted by atomic mass is 32.4. The average molecular weight is 963 g/mol. The lowest BCUT2D eigenvalue weighted by molar-refractivity contribution is 0.792. The fourth-order valence-electron chi connectivity index (χ4n) is 8.67. The number of hydrogen-bond acceptors (Lipinski definition) is 2. The fourth-order valence-corrected chi connectivity index (χ4v) is 14.2. The van der Waals surface area contributed by atoms with Gasteiger partial charge in [-0.05, 0) is 125 Å². The zero-order valence-electron chi connectivity index (χ0n) is 68.7. The van der Waals surface area contributed by atoms with Crippen LogP contribution in [0.15, 0.2) is 242 Å². The summed E-state index contributed by atoms with van der Waals surface area (Å²) in [5.41, 5.74) is -4.94. The van der Waals surface area contributed by atoms with Crippen LogP contribution in [-0.4, -0.2) is 0 Å². The molecule has 67 heavy (non-hydrogen) atoms. The van der Waals surface area contributed by atoms with E-state index >= 15 is 0 Å². The molecule has 0 saturated heterocycles. The Balaban J connectivity index is 1.22. The Labute approximate surface area is 452 Å². The average Bonchev–Trinajstić information content (AvgIpc) is 1.49. The van der Waals surface area contributed by atoms with Crippen LogP contribution in [0.3, 0.4) is 0 Å². The molecule has 10 aromatic carbocycles. The number of aryl methyl sites for hydroxylation is 2. The van der Waals surface area contributed by atoms with Crippen molar-refractivity contribution in [2.45, 2.75) is 19.3 Å². The monoisotopic (exact) mass is 962 g/mol. The standard InChI is InChI=1S/C63H46P2S2/c1-43-23-35-55-56-36-24-44(2)40-60(56)63(59(55)39-43)61-41-47(45-25-31-53(32-26-45)64(66,49-15-7-3-8-16-49)50-17-9-4-10-18-50)29-37-57(61)58-38-30-48(42-62(58)63)46-27-33-54(34-28-46)65(67,51-19-11-5-12-20-51)52-21-13-6-14-22-52/h3-42H,1-2H3/i3D,4D,5D,6D,7D,8D,9D,10D,11D,12D,13D,14D,15D,16D,17D,18D,19D,20D,21D,22D,25D,26D,27D,28D,29D,30D,31D,32D,33D,34D,37D,38D,41D,42D. The van der Waals surface area contributed by atoms with Crippen molar-refractivity contribution in [3.05, 3.63) is 275 Å². The highest BCUT2D eigenvalue weighted by molar-refractivity contribution is 8.26. The smallest absolute Gasteiger partial charge is 0.0726 e. The van der Waals surface area contributed by atoms with E-state index in [0.717, 1.165) is 0 Å². The van der Waals surface area contributed by atoms with E-state index in [1.807, 2.05) is 0 Å². The molecular formula is C63H46P2S2. The summed E-state index contributed by atoms with van der Waals surface area (Å²) in [5.74, 6) is 0. The van der Waals surface area contributed by atoms with E-state index < -0.39 is 288 Å². The third-order valence-electron chi connectivity index (χ3n) is 11.6. The molecule has 0 N–H and O–H groups in total. The Morgan fingerprint density at radius 2 is 0.627 bits per heavy atom. The molecule has 0 aliphatic heterocycles. The molecule has 0 fully saturated rings. The van der Waals surface area contributed by atoms with Crippen LogP contribution in [0.2, 0.25) is 0 Å². The Hall–Kier alpha value is -6.50. The van der Waals surface area contributed by atoms with Gasteiger partial charge in [-0.1, -0.05) is 264 Å². The predicted octanol–water partition coefficient (Wildman–Crippen LogP) is 13.5. The molecule has 10 aromatic rings. The van der Waals surface area contributed by atoms with Gasteiger partial charge in [-0.3, -0.25) is 0 Å². The molecule has 0 heterocycles. The first-order valence-electron chi connectivity index (χ1n) is 37.2. The lowest BCUT2D eigenvalue weighted by Gasteiger charge is -2.31. The summed E-state index contributed by atoms with van der Waals surface area (Å²) in [6, 6.07) is -35.6. The van der Waals surface area contributed by atoms with Crippen LogP contribution < -0.4 is 31.8 Å². The maximum Gasteiger partial charge on any atom is 0.0726 e. The van der Waals surface area contributed by atoms with Gasteiger partial charge in [0, 0.05) is 12.1 Å². The highest BCUT2D eigenvalue weighted by Crippen LogP contribution is 2.64. The van der Waals surface area contributed by atoms with Gasteiger partial charge in [-0.2, -0.15) is 0 Å². The van der Waals surface area contributed by atoms with Crippen LogP contribution in [0.4, 0.5) is 0 Å². The van der Waals surface area contributed by atoms with Crippen molar-refractivity contribution < 1.29 is 46.6 Å². The summed E-state index contributed by atoms with van der Waals surface area (Å²) in [6.07, 6.45) is 0. The van der Waals surface area contributed by atoms with Crippen molar-refractivity contribution in [3.63, 3.8) is 0 Å². The third kappa shape index (κ3) is 6.54. The minimum atomic E-state index is -5.12. The molecule has 1 spiro atoms. The van der Waals surface area contributed by atoms with Gasteiger partial charge in [0.2, 0.25) is 0 Å². The minimum absolute atomic E-state index is 0.215. The molecule has 0 amide bonds. The van der Waals surface area contributed by atoms with Gasteiger partial charge in [-0.15, -0.1) is 0 Å². The number of benzene rings is 10. The van der Waals surface area contributed by atoms with Crippen molar-refractivity contribution in [2.75, 3.05) is 0 Å². The van der Waals surface area contributed by atoms with Crippen LogP contribution in [0.5, 0.6) is 0 Å². The van der Waals surface area contributed by atoms with Gasteiger partial charge < -0.3 is 0 Å². The van der Waals surface area contributed by atoms with Crippen LogP contribution in [-0.2, 0) is 29.0 Å². The molecule has 12 rings (SSSR count). The van der Waals surface area contributed by atoms with Crippen LogP contribution >= 0.6 is 12.1 Å². The molecule has 2 aliphatic carbocycles. The summed E-state index contributed by atoms with van der Waals surface area (Å²) in [6.45, 7) is 3.38. The van der Waals surface area contributed by atoms with Gasteiger partial charge in [0.05, 0.1) is 52.0 Å². The van der Waals surface area contributed by atoms with Crippen molar-refractivity contribution in [1.82, 2.24) is 0 Å². The Kier molecular flexibility index (Phi) is 4.70. The predicted molar refractivity (Wildman–Crippen MR) is 295 cm³/mol. The summed E-state index contributed by atoms with van der Waals surface area (Å²) in [4.78, 5) is 0. The Morgan fingerprint density at radius 1 is 0.328 bits per heavy atom. The molecule has 2 aliphatic rings. The molecule has 320 valence electrons. The van der Waals surface area contributed by atoms with E-state index in [-0.39, 0.29) is 22.3 Å². The van der Waals surface area contributed by atoms with Crippen molar-refractivity contribution in [1.29, 1.82) is 0 Å². The normalized spacial score (nSPS) is 20.3. The van der Waals surface area contributed by atoms with E-state index in [1.54, 1.807) is 50.2 Å². The van der Waals surface area contributed by atoms with E-state index in [1.165, 1.54) is 0 Å². The molecule has 0 saturated carbocycles. The fraction of sp³-hybridized carbons (Fsp3) is 0.0476. The van der Waals surface area contributed by atoms with Gasteiger partial charge in [-0.25, -0.2) is 0 Å². The first-order valence-corrected chi connectivity index (χ1v) is 25.8. The number of rotatable bonds is 8. The highest BCUT2D eigenvalue weighted by Gasteiger charge is 2.52. The molecule has 0 bridgehead atoms. The van der Waals surface area contributed by atoms with E-state index in [2.05, 4.69) is 0 Å². The van der Waals surface area contributed by atoms with Gasteiger partial charge in [0.15, 0.2) is 0 Å². The topological polar surface area (TPSA) is 0 Å². The maximum absolute atomic E-state index is 10.7. The Morgan fingerprint density at radius 3 is 0.955 bits per heavy atom. The maximum atomic E-state index is 10.7. The van der Waals surface area contributed by atoms with Crippen LogP contribution in [0.1, 0.15) is 80.0 Å². The van der Waals surface area contributed by atoms with E-state index in [0.29, 0.717) is 22.3 Å². The number of fused-ring (bicyclic) bond motifs is 10. The molecule has 4 heteroatoms. The molecule has 0 unspecified atom stereocenters. The summed E-state index contributed by atoms with van der Waals surface area (Å²) >= 11 is 12.6. The first kappa shape index (κ1) is 19.2. The summed E-state index contributed by atoms with van der Waals surface area (Å²) in [7, 11) is 0. The van der Waals surface area contributed by atoms with Gasteiger partial charge in [0.1, 0.15) is 0 Å². The van der Waals surface area contributed by atoms with Crippen molar-refractivity contribution >= 4 is 67.5 Å². The molecular weight excluding hydrogens is 883 g/mol. The van der Waals surface area contributed by atoms with Gasteiger partial charge >= 0.3 is 0 Å². The van der Waals surface area contributed by atoms with Crippen LogP contribution in [0.25, 0.3) is 44.5 Å². The van der Waals surface area contributed by atoms with Crippen molar-refractivity contribution in [2.24, 2.45) is 0 Å². The lowest BCUT2D eigenvalue weighted by Crippen LogP contribution is -2.26. The second-order valence-corrected chi connectivity index (χ2v) is 23.8. The molecule has 0 aromatic heterocycles. The lowest BCUT2D eigenvalue weighted by atomic mass is 9.69. The number of hydrogen-bond donors (Lipinski definition) is 0. The molecule has 0 nitrogen and oxygen atoms in total. The van der Waals surface area contributed by atoms with Crippen LogP contribution in [0, 0.1) is 13.8 Å². The second-order valence-electron chi connectivity index (χ2n) is 15.4. The first-order chi connectivity index (χ1) is 46.9. The molecule has 0 radical (unpaired) electrons. The van der Waals surface area contributed by atoms with Gasteiger partial charge in [0.25, 0.3) is 0 Å². The molecule has 0 atom stereocenters. The largest absolute Gasteiger partial charge is 0.0826 e.